The van der Waals surface area contributed by atoms with Gasteiger partial charge in [-0.3, -0.25) is 14.2 Å². The minimum absolute atomic E-state index is 0.156. The molecule has 23 heavy (non-hydrogen) atoms. The molecule has 114 valence electrons. The molecular weight excluding hydrogens is 292 g/mol. The number of aromatic nitrogens is 5. The van der Waals surface area contributed by atoms with E-state index in [4.69, 9.17) is 0 Å². The summed E-state index contributed by atoms with van der Waals surface area (Å²) in [5.41, 5.74) is 4.03. The number of carbonyl (C=O) groups excluding carboxylic acids is 1. The number of fused-ring (bicyclic) bond motifs is 3. The van der Waals surface area contributed by atoms with Crippen LogP contribution in [0, 0.1) is 6.92 Å². The Balaban J connectivity index is 1.65. The second-order valence-corrected chi connectivity index (χ2v) is 5.29. The number of amides is 1. The Morgan fingerprint density at radius 2 is 2.04 bits per heavy atom. The average Bonchev–Trinajstić information content (AvgIpc) is 3.17. The van der Waals surface area contributed by atoms with Gasteiger partial charge >= 0.3 is 0 Å². The molecule has 4 aromatic heterocycles. The number of aromatic amines is 1. The van der Waals surface area contributed by atoms with Crippen LogP contribution in [0.1, 0.15) is 21.9 Å². The van der Waals surface area contributed by atoms with E-state index in [1.54, 1.807) is 12.4 Å². The van der Waals surface area contributed by atoms with Gasteiger partial charge in [0.1, 0.15) is 11.5 Å². The number of hydrogen-bond acceptors (Lipinski definition) is 4. The molecule has 4 aromatic rings. The highest BCUT2D eigenvalue weighted by Crippen LogP contribution is 2.18. The molecule has 0 aliphatic heterocycles. The van der Waals surface area contributed by atoms with Gasteiger partial charge in [-0.15, -0.1) is 10.2 Å². The number of nitrogens with one attached hydrogen (secondary N) is 2. The maximum absolute atomic E-state index is 12.3. The minimum Gasteiger partial charge on any atom is -0.349 e. The monoisotopic (exact) mass is 306 g/mol. The lowest BCUT2D eigenvalue weighted by Crippen LogP contribution is -2.23. The number of pyridine rings is 2. The van der Waals surface area contributed by atoms with Crippen LogP contribution in [0.25, 0.3) is 16.7 Å². The molecule has 2 N–H and O–H groups in total. The van der Waals surface area contributed by atoms with Gasteiger partial charge in [0.15, 0.2) is 5.65 Å². The van der Waals surface area contributed by atoms with Crippen LogP contribution in [0.5, 0.6) is 0 Å². The average molecular weight is 306 g/mol. The normalized spacial score (nSPS) is 11.2. The summed E-state index contributed by atoms with van der Waals surface area (Å²) in [6.07, 6.45) is 3.41. The minimum atomic E-state index is -0.156. The van der Waals surface area contributed by atoms with Crippen molar-refractivity contribution in [2.75, 3.05) is 0 Å². The van der Waals surface area contributed by atoms with E-state index in [-0.39, 0.29) is 5.91 Å². The molecule has 0 fully saturated rings. The van der Waals surface area contributed by atoms with Crippen molar-refractivity contribution < 1.29 is 4.79 Å². The summed E-state index contributed by atoms with van der Waals surface area (Å²) in [6.45, 7) is 2.34. The van der Waals surface area contributed by atoms with Gasteiger partial charge in [-0.25, -0.2) is 0 Å². The van der Waals surface area contributed by atoms with Crippen molar-refractivity contribution in [3.8, 4) is 0 Å². The first-order valence-corrected chi connectivity index (χ1v) is 7.23. The molecule has 0 bridgehead atoms. The van der Waals surface area contributed by atoms with Crippen LogP contribution in [0.4, 0.5) is 0 Å². The van der Waals surface area contributed by atoms with Gasteiger partial charge < -0.3 is 10.3 Å². The topological polar surface area (TPSA) is 88.0 Å². The van der Waals surface area contributed by atoms with Crippen molar-refractivity contribution in [2.24, 2.45) is 0 Å². The largest absolute Gasteiger partial charge is 0.349 e. The summed E-state index contributed by atoms with van der Waals surface area (Å²) in [5, 5.41) is 11.1. The fourth-order valence-electron chi connectivity index (χ4n) is 2.61. The van der Waals surface area contributed by atoms with Crippen LogP contribution in [-0.4, -0.2) is 30.5 Å². The van der Waals surface area contributed by atoms with Gasteiger partial charge in [-0.2, -0.15) is 0 Å². The van der Waals surface area contributed by atoms with Gasteiger partial charge in [0.25, 0.3) is 5.91 Å². The van der Waals surface area contributed by atoms with Gasteiger partial charge in [-0.1, -0.05) is 0 Å². The Labute approximate surface area is 131 Å². The van der Waals surface area contributed by atoms with Crippen molar-refractivity contribution >= 4 is 22.6 Å². The van der Waals surface area contributed by atoms with Crippen LogP contribution in [0.3, 0.4) is 0 Å². The summed E-state index contributed by atoms with van der Waals surface area (Å²) < 4.78 is 1.92. The molecule has 1 amide bonds. The van der Waals surface area contributed by atoms with Crippen molar-refractivity contribution in [2.45, 2.75) is 13.5 Å². The zero-order chi connectivity index (χ0) is 15.8. The van der Waals surface area contributed by atoms with E-state index in [0.29, 0.717) is 12.2 Å². The fourth-order valence-corrected chi connectivity index (χ4v) is 2.61. The summed E-state index contributed by atoms with van der Waals surface area (Å²) in [4.78, 5) is 19.4. The molecule has 0 unspecified atom stereocenters. The molecule has 0 spiro atoms. The van der Waals surface area contributed by atoms with Crippen molar-refractivity contribution in [1.29, 1.82) is 0 Å². The second-order valence-electron chi connectivity index (χ2n) is 5.29. The Kier molecular flexibility index (Phi) is 3.04. The van der Waals surface area contributed by atoms with Crippen molar-refractivity contribution in [3.05, 3.63) is 59.8 Å². The molecule has 0 atom stereocenters. The van der Waals surface area contributed by atoms with E-state index in [9.17, 15) is 4.79 Å². The van der Waals surface area contributed by atoms with Gasteiger partial charge in [0, 0.05) is 18.9 Å². The van der Waals surface area contributed by atoms with Gasteiger partial charge in [-0.05, 0) is 42.8 Å². The highest BCUT2D eigenvalue weighted by molar-refractivity contribution is 5.97. The summed E-state index contributed by atoms with van der Waals surface area (Å²) in [6, 6.07) is 9.33. The standard InChI is InChI=1S/C16H14N6O/c1-10-20-21-15-3-2-12-14(22(10)15)8-13(19-12)16(23)18-9-11-4-6-17-7-5-11/h2-8,19H,9H2,1H3,(H,18,23). The molecule has 7 heteroatoms. The van der Waals surface area contributed by atoms with E-state index < -0.39 is 0 Å². The second kappa shape index (κ2) is 5.20. The predicted octanol–water partition coefficient (Wildman–Crippen LogP) is 1.84. The summed E-state index contributed by atoms with van der Waals surface area (Å²) in [5.74, 6) is 0.630. The van der Waals surface area contributed by atoms with Gasteiger partial charge in [0.05, 0.1) is 11.0 Å². The zero-order valence-electron chi connectivity index (χ0n) is 12.4. The smallest absolute Gasteiger partial charge is 0.268 e. The number of aryl methyl sites for hydroxylation is 1. The molecule has 4 heterocycles. The number of rotatable bonds is 3. The number of nitrogens with zero attached hydrogens (tertiary/aromatic N) is 4. The first-order chi connectivity index (χ1) is 11.2. The third-order valence-electron chi connectivity index (χ3n) is 3.76. The van der Waals surface area contributed by atoms with E-state index >= 15 is 0 Å². The Bertz CT molecular complexity index is 1000. The van der Waals surface area contributed by atoms with Gasteiger partial charge in [0.2, 0.25) is 0 Å². The van der Waals surface area contributed by atoms with E-state index in [1.165, 1.54) is 0 Å². The van der Waals surface area contributed by atoms with Crippen molar-refractivity contribution in [3.63, 3.8) is 0 Å². The lowest BCUT2D eigenvalue weighted by molar-refractivity contribution is 0.0946. The van der Waals surface area contributed by atoms with Crippen molar-refractivity contribution in [1.82, 2.24) is 29.9 Å². The lowest BCUT2D eigenvalue weighted by Gasteiger charge is -2.03. The molecule has 0 radical (unpaired) electrons. The molecule has 0 aromatic carbocycles. The van der Waals surface area contributed by atoms with Crippen LogP contribution >= 0.6 is 0 Å². The Hall–Kier alpha value is -3.22. The molecular formula is C16H14N6O. The lowest BCUT2D eigenvalue weighted by atomic mass is 10.2. The molecule has 0 aliphatic rings. The van der Waals surface area contributed by atoms with E-state index in [1.807, 2.05) is 41.7 Å². The van der Waals surface area contributed by atoms with Crippen LogP contribution in [0.15, 0.2) is 42.7 Å². The number of hydrogen-bond donors (Lipinski definition) is 2. The highest BCUT2D eigenvalue weighted by atomic mass is 16.1. The highest BCUT2D eigenvalue weighted by Gasteiger charge is 2.13. The molecule has 7 nitrogen and oxygen atoms in total. The molecule has 4 rings (SSSR count). The molecule has 0 saturated carbocycles. The number of H-pyrrole nitrogens is 1. The maximum atomic E-state index is 12.3. The quantitative estimate of drug-likeness (QED) is 0.604. The molecule has 0 saturated heterocycles. The SMILES string of the molecule is Cc1nnc2ccc3[nH]c(C(=O)NCc4ccncc4)cc3n12. The van der Waals surface area contributed by atoms with Crippen LogP contribution < -0.4 is 5.32 Å². The summed E-state index contributed by atoms with van der Waals surface area (Å²) in [7, 11) is 0. The Morgan fingerprint density at radius 1 is 1.22 bits per heavy atom. The number of carbonyl (C=O) groups is 1. The fraction of sp³-hybridized carbons (Fsp3) is 0.125. The van der Waals surface area contributed by atoms with E-state index in [0.717, 1.165) is 28.1 Å². The zero-order valence-corrected chi connectivity index (χ0v) is 12.4. The Morgan fingerprint density at radius 3 is 2.87 bits per heavy atom. The third kappa shape index (κ3) is 2.32. The predicted molar refractivity (Wildman–Crippen MR) is 85.0 cm³/mol. The van der Waals surface area contributed by atoms with Crippen LogP contribution in [-0.2, 0) is 6.54 Å². The first-order valence-electron chi connectivity index (χ1n) is 7.23. The summed E-state index contributed by atoms with van der Waals surface area (Å²) >= 11 is 0. The third-order valence-corrected chi connectivity index (χ3v) is 3.76. The first kappa shape index (κ1) is 13.4. The maximum Gasteiger partial charge on any atom is 0.268 e. The van der Waals surface area contributed by atoms with Crippen LogP contribution in [0.2, 0.25) is 0 Å². The van der Waals surface area contributed by atoms with E-state index in [2.05, 4.69) is 25.5 Å². The molecule has 0 aliphatic carbocycles.